The number of hydrogen-bond donors (Lipinski definition) is 1. The molecule has 1 N–H and O–H groups in total. The molecule has 0 spiro atoms. The fourth-order valence-electron chi connectivity index (χ4n) is 2.34. The van der Waals surface area contributed by atoms with E-state index < -0.39 is 0 Å². The molecule has 1 amide bonds. The Bertz CT molecular complexity index is 992. The van der Waals surface area contributed by atoms with Crippen LogP contribution < -0.4 is 10.2 Å². The fourth-order valence-corrected chi connectivity index (χ4v) is 3.75. The lowest BCUT2D eigenvalue weighted by Gasteiger charge is -2.07. The lowest BCUT2D eigenvalue weighted by Crippen LogP contribution is -2.24. The minimum absolute atomic E-state index is 0. The van der Waals surface area contributed by atoms with Gasteiger partial charge < -0.3 is 4.57 Å². The molecule has 27 heavy (non-hydrogen) atoms. The molecule has 0 unspecified atom stereocenters. The number of nitrogens with zero attached hydrogens (tertiary/aromatic N) is 2. The first-order valence-electron chi connectivity index (χ1n) is 7.73. The molecule has 0 aliphatic heterocycles. The second-order valence-corrected chi connectivity index (χ2v) is 8.04. The van der Waals surface area contributed by atoms with Crippen LogP contribution in [0.15, 0.2) is 80.6 Å². The van der Waals surface area contributed by atoms with Gasteiger partial charge in [0.2, 0.25) is 4.80 Å². The van der Waals surface area contributed by atoms with Crippen LogP contribution in [-0.2, 0) is 6.54 Å². The van der Waals surface area contributed by atoms with E-state index >= 15 is 0 Å². The van der Waals surface area contributed by atoms with Gasteiger partial charge in [-0.15, -0.1) is 40.0 Å². The van der Waals surface area contributed by atoms with Gasteiger partial charge in [0.05, 0.1) is 5.69 Å². The Morgan fingerprint density at radius 1 is 1.11 bits per heavy atom. The van der Waals surface area contributed by atoms with Gasteiger partial charge in [0.1, 0.15) is 0 Å². The molecule has 3 aromatic rings. The third-order valence-corrected chi connectivity index (χ3v) is 5.53. The van der Waals surface area contributed by atoms with Crippen LogP contribution in [0.25, 0.3) is 11.3 Å². The summed E-state index contributed by atoms with van der Waals surface area (Å²) in [6.07, 6.45) is 1.81. The first-order valence-corrected chi connectivity index (χ1v) is 10.2. The van der Waals surface area contributed by atoms with E-state index in [-0.39, 0.29) is 22.9 Å². The average molecular weight is 574 g/mol. The van der Waals surface area contributed by atoms with Crippen molar-refractivity contribution in [3.63, 3.8) is 0 Å². The Labute approximate surface area is 188 Å². The number of aromatic nitrogens is 1. The van der Waals surface area contributed by atoms with Crippen molar-refractivity contribution < 1.29 is 4.79 Å². The standard InChI is InChI=1S/C19H15Br2N3OS.BrH/c1-2-11-24-17(13-3-7-15(20)8-4-13)12-26-19(24)23-22-18(25)14-5-9-16(21)10-6-14;/h2-10,12H,1,11H2,(H,22,25);1H/b23-19+;. The van der Waals surface area contributed by atoms with Crippen molar-refractivity contribution >= 4 is 66.1 Å². The van der Waals surface area contributed by atoms with Gasteiger partial charge in [0.15, 0.2) is 0 Å². The van der Waals surface area contributed by atoms with Crippen molar-refractivity contribution in [2.24, 2.45) is 5.10 Å². The second-order valence-electron chi connectivity index (χ2n) is 5.37. The first-order chi connectivity index (χ1) is 12.6. The number of rotatable bonds is 5. The maximum absolute atomic E-state index is 12.3. The van der Waals surface area contributed by atoms with Crippen molar-refractivity contribution in [3.8, 4) is 11.3 Å². The van der Waals surface area contributed by atoms with Gasteiger partial charge in [-0.25, -0.2) is 5.43 Å². The molecule has 1 aromatic heterocycles. The largest absolute Gasteiger partial charge is 0.311 e. The van der Waals surface area contributed by atoms with Crippen LogP contribution in [0.1, 0.15) is 10.4 Å². The fraction of sp³-hybridized carbons (Fsp3) is 0.0526. The first kappa shape index (κ1) is 21.8. The van der Waals surface area contributed by atoms with Crippen molar-refractivity contribution in [2.45, 2.75) is 6.54 Å². The van der Waals surface area contributed by atoms with E-state index in [0.717, 1.165) is 20.2 Å². The molecule has 4 nitrogen and oxygen atoms in total. The van der Waals surface area contributed by atoms with Gasteiger partial charge in [0.25, 0.3) is 5.91 Å². The Kier molecular flexibility index (Phi) is 8.22. The van der Waals surface area contributed by atoms with Gasteiger partial charge in [-0.2, -0.15) is 0 Å². The van der Waals surface area contributed by atoms with Crippen molar-refractivity contribution in [1.29, 1.82) is 0 Å². The van der Waals surface area contributed by atoms with Crippen LogP contribution in [0.2, 0.25) is 0 Å². The molecule has 1 heterocycles. The molecule has 8 heteroatoms. The minimum Gasteiger partial charge on any atom is -0.311 e. The highest BCUT2D eigenvalue weighted by Gasteiger charge is 2.08. The molecule has 0 atom stereocenters. The third kappa shape index (κ3) is 5.51. The zero-order chi connectivity index (χ0) is 18.5. The van der Waals surface area contributed by atoms with Gasteiger partial charge in [0, 0.05) is 26.4 Å². The van der Waals surface area contributed by atoms with E-state index in [1.807, 2.05) is 52.4 Å². The molecule has 2 aromatic carbocycles. The van der Waals surface area contributed by atoms with Gasteiger partial charge in [-0.1, -0.05) is 50.1 Å². The van der Waals surface area contributed by atoms with Crippen LogP contribution in [0, 0.1) is 0 Å². The summed E-state index contributed by atoms with van der Waals surface area (Å²) in [7, 11) is 0. The normalized spacial score (nSPS) is 11.0. The smallest absolute Gasteiger partial charge is 0.271 e. The summed E-state index contributed by atoms with van der Waals surface area (Å²) in [6.45, 7) is 4.42. The summed E-state index contributed by atoms with van der Waals surface area (Å²) in [5.41, 5.74) is 5.28. The van der Waals surface area contributed by atoms with E-state index in [9.17, 15) is 4.79 Å². The third-order valence-electron chi connectivity index (χ3n) is 3.61. The number of thiazole rings is 1. The van der Waals surface area contributed by atoms with E-state index in [0.29, 0.717) is 16.9 Å². The zero-order valence-electron chi connectivity index (χ0n) is 14.1. The van der Waals surface area contributed by atoms with Gasteiger partial charge in [-0.3, -0.25) is 4.79 Å². The summed E-state index contributed by atoms with van der Waals surface area (Å²) in [4.78, 5) is 13.0. The summed E-state index contributed by atoms with van der Waals surface area (Å²) >= 11 is 8.28. The van der Waals surface area contributed by atoms with Gasteiger partial charge in [-0.05, 0) is 42.0 Å². The molecule has 0 saturated carbocycles. The van der Waals surface area contributed by atoms with E-state index in [4.69, 9.17) is 0 Å². The highest BCUT2D eigenvalue weighted by molar-refractivity contribution is 9.10. The molecule has 3 rings (SSSR count). The Morgan fingerprint density at radius 3 is 2.30 bits per heavy atom. The number of halogens is 3. The van der Waals surface area contributed by atoms with Gasteiger partial charge >= 0.3 is 0 Å². The number of benzene rings is 2. The summed E-state index contributed by atoms with van der Waals surface area (Å²) in [5.74, 6) is -0.249. The average Bonchev–Trinajstić information content (AvgIpc) is 3.04. The number of amides is 1. The number of nitrogens with one attached hydrogen (secondary N) is 1. The van der Waals surface area contributed by atoms with E-state index in [1.165, 1.54) is 11.3 Å². The predicted octanol–water partition coefficient (Wildman–Crippen LogP) is 5.75. The topological polar surface area (TPSA) is 46.4 Å². The highest BCUT2D eigenvalue weighted by Crippen LogP contribution is 2.22. The zero-order valence-corrected chi connectivity index (χ0v) is 19.8. The highest BCUT2D eigenvalue weighted by atomic mass is 79.9. The number of hydrogen-bond acceptors (Lipinski definition) is 3. The van der Waals surface area contributed by atoms with Crippen molar-refractivity contribution in [2.75, 3.05) is 0 Å². The molecular formula is C19H16Br3N3OS. The number of carbonyl (C=O) groups is 1. The van der Waals surface area contributed by atoms with Crippen LogP contribution in [0.3, 0.4) is 0 Å². The second kappa shape index (κ2) is 10.2. The van der Waals surface area contributed by atoms with Crippen molar-refractivity contribution in [3.05, 3.63) is 85.9 Å². The lowest BCUT2D eigenvalue weighted by molar-refractivity contribution is 0.0953. The molecule has 0 bridgehead atoms. The predicted molar refractivity (Wildman–Crippen MR) is 123 cm³/mol. The number of carbonyl (C=O) groups excluding carboxylic acids is 1. The van der Waals surface area contributed by atoms with E-state index in [2.05, 4.69) is 49.0 Å². The summed E-state index contributed by atoms with van der Waals surface area (Å²) < 4.78 is 3.97. The maximum atomic E-state index is 12.3. The van der Waals surface area contributed by atoms with Crippen LogP contribution in [0.4, 0.5) is 0 Å². The molecular weight excluding hydrogens is 558 g/mol. The van der Waals surface area contributed by atoms with E-state index in [1.54, 1.807) is 12.1 Å². The quantitative estimate of drug-likeness (QED) is 0.307. The lowest BCUT2D eigenvalue weighted by atomic mass is 10.2. The Hall–Kier alpha value is -1.48. The molecule has 0 fully saturated rings. The SMILES string of the molecule is Br.C=CCn1c(-c2ccc(Br)cc2)cs/c1=N/NC(=O)c1ccc(Br)cc1. The minimum atomic E-state index is -0.249. The van der Waals surface area contributed by atoms with Crippen LogP contribution in [-0.4, -0.2) is 10.5 Å². The molecule has 0 aliphatic carbocycles. The van der Waals surface area contributed by atoms with Crippen LogP contribution in [0.5, 0.6) is 0 Å². The Morgan fingerprint density at radius 2 is 1.70 bits per heavy atom. The molecule has 0 aliphatic rings. The van der Waals surface area contributed by atoms with Crippen LogP contribution >= 0.6 is 60.2 Å². The monoisotopic (exact) mass is 571 g/mol. The van der Waals surface area contributed by atoms with Crippen molar-refractivity contribution in [1.82, 2.24) is 9.99 Å². The summed E-state index contributed by atoms with van der Waals surface area (Å²) in [5, 5.41) is 6.33. The molecule has 0 radical (unpaired) electrons. The molecule has 140 valence electrons. The number of allylic oxidation sites excluding steroid dienone is 1. The maximum Gasteiger partial charge on any atom is 0.271 e. The molecule has 0 saturated heterocycles. The Balaban J connectivity index is 0.00000261. The summed E-state index contributed by atoms with van der Waals surface area (Å²) in [6, 6.07) is 15.2.